The van der Waals surface area contributed by atoms with Gasteiger partial charge in [0.25, 0.3) is 0 Å². The molecule has 0 saturated heterocycles. The Labute approximate surface area is 214 Å². The number of esters is 2. The first-order chi connectivity index (χ1) is 17.3. The zero-order valence-corrected chi connectivity index (χ0v) is 20.9. The predicted octanol–water partition coefficient (Wildman–Crippen LogP) is 4.55. The Kier molecular flexibility index (Phi) is 8.88. The highest BCUT2D eigenvalue weighted by Gasteiger charge is 2.63. The summed E-state index contributed by atoms with van der Waals surface area (Å²) in [4.78, 5) is 26.7. The summed E-state index contributed by atoms with van der Waals surface area (Å²) in [6.07, 6.45) is 2.64. The molecule has 0 radical (unpaired) electrons. The van der Waals surface area contributed by atoms with Crippen molar-refractivity contribution in [3.05, 3.63) is 107 Å². The van der Waals surface area contributed by atoms with Crippen LogP contribution in [0.3, 0.4) is 0 Å². The van der Waals surface area contributed by atoms with Crippen LogP contribution in [0.2, 0.25) is 5.02 Å². The summed E-state index contributed by atoms with van der Waals surface area (Å²) in [7, 11) is 3.81. The lowest BCUT2D eigenvalue weighted by Crippen LogP contribution is -2.62. The van der Waals surface area contributed by atoms with Gasteiger partial charge in [0, 0.05) is 5.02 Å². The summed E-state index contributed by atoms with van der Waals surface area (Å²) in [5.74, 6) is -1.47. The molecule has 3 aromatic rings. The minimum atomic E-state index is -2.62. The molecule has 0 aromatic heterocycles. The Morgan fingerprint density at radius 3 is 2.03 bits per heavy atom. The van der Waals surface area contributed by atoms with Crippen LogP contribution in [0.4, 0.5) is 0 Å². The van der Waals surface area contributed by atoms with Gasteiger partial charge in [0.05, 0.1) is 27.9 Å². The number of aliphatic hydroxyl groups is 1. The van der Waals surface area contributed by atoms with Gasteiger partial charge in [0.2, 0.25) is 11.2 Å². The Bertz CT molecular complexity index is 1190. The van der Waals surface area contributed by atoms with E-state index in [1.54, 1.807) is 86.0 Å². The van der Waals surface area contributed by atoms with Gasteiger partial charge < -0.3 is 24.1 Å². The van der Waals surface area contributed by atoms with Crippen molar-refractivity contribution >= 4 is 29.6 Å². The zero-order chi connectivity index (χ0) is 26.2. The maximum Gasteiger partial charge on any atom is 0.346 e. The molecule has 3 rings (SSSR count). The van der Waals surface area contributed by atoms with Crippen LogP contribution in [0.25, 0.3) is 6.08 Å². The number of carbonyl (C=O) groups is 2. The zero-order valence-electron chi connectivity index (χ0n) is 20.1. The molecule has 36 heavy (non-hydrogen) atoms. The van der Waals surface area contributed by atoms with E-state index < -0.39 is 23.1 Å². The van der Waals surface area contributed by atoms with Gasteiger partial charge in [0.1, 0.15) is 5.75 Å². The van der Waals surface area contributed by atoms with Crippen LogP contribution in [-0.4, -0.2) is 44.0 Å². The van der Waals surface area contributed by atoms with Crippen LogP contribution in [0.5, 0.6) is 5.75 Å². The summed E-state index contributed by atoms with van der Waals surface area (Å²) in [5, 5.41) is 12.5. The van der Waals surface area contributed by atoms with E-state index in [1.165, 1.54) is 12.2 Å². The summed E-state index contributed by atoms with van der Waals surface area (Å²) >= 11 is 5.97. The molecule has 0 spiro atoms. The van der Waals surface area contributed by atoms with E-state index in [0.717, 1.165) is 14.2 Å². The predicted molar refractivity (Wildman–Crippen MR) is 135 cm³/mol. The molecule has 188 valence electrons. The first-order valence-electron chi connectivity index (χ1n) is 11.0. The van der Waals surface area contributed by atoms with Crippen molar-refractivity contribution in [1.82, 2.24) is 0 Å². The molecule has 0 heterocycles. The Morgan fingerprint density at radius 1 is 0.861 bits per heavy atom. The summed E-state index contributed by atoms with van der Waals surface area (Å²) in [6.45, 7) is -0.151. The van der Waals surface area contributed by atoms with Gasteiger partial charge in [-0.1, -0.05) is 72.3 Å². The van der Waals surface area contributed by atoms with Crippen LogP contribution < -0.4 is 4.74 Å². The fourth-order valence-corrected chi connectivity index (χ4v) is 3.88. The van der Waals surface area contributed by atoms with Crippen molar-refractivity contribution in [3.8, 4) is 5.75 Å². The van der Waals surface area contributed by atoms with E-state index in [0.29, 0.717) is 21.9 Å². The second-order valence-corrected chi connectivity index (χ2v) is 8.25. The summed E-state index contributed by atoms with van der Waals surface area (Å²) in [6, 6.07) is 21.8. The van der Waals surface area contributed by atoms with Crippen molar-refractivity contribution in [1.29, 1.82) is 0 Å². The summed E-state index contributed by atoms with van der Waals surface area (Å²) < 4.78 is 21.4. The number of carbonyl (C=O) groups excluding carboxylic acids is 2. The number of hydrogen-bond acceptors (Lipinski definition) is 7. The van der Waals surface area contributed by atoms with E-state index in [2.05, 4.69) is 0 Å². The summed E-state index contributed by atoms with van der Waals surface area (Å²) in [5.41, 5.74) is -3.47. The molecular weight excluding hydrogens is 484 g/mol. The highest BCUT2D eigenvalue weighted by molar-refractivity contribution is 6.30. The molecule has 0 aliphatic rings. The normalized spacial score (nSPS) is 14.5. The van der Waals surface area contributed by atoms with E-state index in [-0.39, 0.29) is 12.2 Å². The van der Waals surface area contributed by atoms with Gasteiger partial charge in [-0.3, -0.25) is 0 Å². The third kappa shape index (κ3) is 5.44. The first-order valence-corrected chi connectivity index (χ1v) is 11.3. The van der Waals surface area contributed by atoms with Crippen LogP contribution >= 0.6 is 11.6 Å². The van der Waals surface area contributed by atoms with Crippen LogP contribution in [0.15, 0.2) is 84.9 Å². The number of hydrogen-bond donors (Lipinski definition) is 1. The van der Waals surface area contributed by atoms with Crippen molar-refractivity contribution < 1.29 is 33.6 Å². The Morgan fingerprint density at radius 2 is 1.47 bits per heavy atom. The van der Waals surface area contributed by atoms with Crippen LogP contribution in [0.1, 0.15) is 16.7 Å². The highest BCUT2D eigenvalue weighted by Crippen LogP contribution is 2.42. The van der Waals surface area contributed by atoms with E-state index in [1.807, 2.05) is 0 Å². The van der Waals surface area contributed by atoms with Gasteiger partial charge in [0.15, 0.2) is 0 Å². The average molecular weight is 511 g/mol. The smallest absolute Gasteiger partial charge is 0.346 e. The SMILES string of the molecule is COC(=O)[C@@](O)(/C=C/c1ccc(Cl)cc1)[C@](OCc1ccc(OC)cc1)(C(=O)OC)c1ccccc1. The van der Waals surface area contributed by atoms with Gasteiger partial charge in [-0.25, -0.2) is 9.59 Å². The van der Waals surface area contributed by atoms with Crippen molar-refractivity contribution in [3.63, 3.8) is 0 Å². The number of methoxy groups -OCH3 is 3. The molecule has 0 fully saturated rings. The molecule has 0 aliphatic heterocycles. The lowest BCUT2D eigenvalue weighted by molar-refractivity contribution is -0.218. The standard InChI is InChI=1S/C28H27ClO7/c1-33-24-15-11-21(12-16-24)19-36-28(26(31)35-3,22-7-5-4-6-8-22)27(32,25(30)34-2)18-17-20-9-13-23(29)14-10-20/h4-18,32H,19H2,1-3H3/b18-17+/t27-,28+/m0/s1. The Balaban J connectivity index is 2.19. The maximum absolute atomic E-state index is 13.5. The largest absolute Gasteiger partial charge is 0.497 e. The van der Waals surface area contributed by atoms with E-state index in [9.17, 15) is 14.7 Å². The fraction of sp³-hybridized carbons (Fsp3) is 0.214. The molecule has 2 atom stereocenters. The van der Waals surface area contributed by atoms with E-state index >= 15 is 0 Å². The molecule has 0 aliphatic carbocycles. The molecule has 0 bridgehead atoms. The number of rotatable bonds is 10. The van der Waals surface area contributed by atoms with Crippen LogP contribution in [0, 0.1) is 0 Å². The minimum Gasteiger partial charge on any atom is -0.497 e. The molecule has 0 unspecified atom stereocenters. The Hall–Kier alpha value is -3.65. The van der Waals surface area contributed by atoms with Gasteiger partial charge in [-0.15, -0.1) is 0 Å². The van der Waals surface area contributed by atoms with Gasteiger partial charge >= 0.3 is 11.9 Å². The maximum atomic E-state index is 13.5. The van der Waals surface area contributed by atoms with E-state index in [4.69, 9.17) is 30.5 Å². The molecule has 3 aromatic carbocycles. The second-order valence-electron chi connectivity index (χ2n) is 7.82. The molecule has 0 saturated carbocycles. The molecule has 0 amide bonds. The van der Waals surface area contributed by atoms with Crippen molar-refractivity contribution in [2.45, 2.75) is 17.8 Å². The van der Waals surface area contributed by atoms with Crippen molar-refractivity contribution in [2.75, 3.05) is 21.3 Å². The van der Waals surface area contributed by atoms with Crippen molar-refractivity contribution in [2.24, 2.45) is 0 Å². The first kappa shape index (κ1) is 26.9. The molecule has 7 nitrogen and oxygen atoms in total. The molecule has 8 heteroatoms. The fourth-order valence-electron chi connectivity index (χ4n) is 3.75. The second kappa shape index (κ2) is 11.9. The number of halogens is 1. The lowest BCUT2D eigenvalue weighted by Gasteiger charge is -2.41. The number of benzene rings is 3. The van der Waals surface area contributed by atoms with Crippen LogP contribution in [-0.2, 0) is 36.0 Å². The third-order valence-corrected chi connectivity index (χ3v) is 5.94. The third-order valence-electron chi connectivity index (χ3n) is 5.69. The topological polar surface area (TPSA) is 91.3 Å². The quantitative estimate of drug-likeness (QED) is 0.400. The van der Waals surface area contributed by atoms with Gasteiger partial charge in [-0.05, 0) is 47.0 Å². The molecule has 1 N–H and O–H groups in total. The average Bonchev–Trinajstić information content (AvgIpc) is 2.93. The van der Waals surface area contributed by atoms with Gasteiger partial charge in [-0.2, -0.15) is 0 Å². The minimum absolute atomic E-state index is 0.151. The molecular formula is C28H27ClO7. The monoisotopic (exact) mass is 510 g/mol. The highest BCUT2D eigenvalue weighted by atomic mass is 35.5. The number of ether oxygens (including phenoxy) is 4. The lowest BCUT2D eigenvalue weighted by atomic mass is 9.76.